The Kier molecular flexibility index (Phi) is 3.85. The third kappa shape index (κ3) is 2.67. The van der Waals surface area contributed by atoms with Crippen LogP contribution in [-0.2, 0) is 13.0 Å². The summed E-state index contributed by atoms with van der Waals surface area (Å²) in [5, 5.41) is 5.64. The highest BCUT2D eigenvalue weighted by Crippen LogP contribution is 2.37. The molecule has 1 N–H and O–H groups in total. The van der Waals surface area contributed by atoms with Crippen LogP contribution >= 0.6 is 11.3 Å². The second-order valence-corrected chi connectivity index (χ2v) is 5.87. The maximum absolute atomic E-state index is 6.00. The molecular formula is C16H19NOS. The predicted octanol–water partition coefficient (Wildman–Crippen LogP) is 3.92. The second-order valence-electron chi connectivity index (χ2n) is 4.84. The Labute approximate surface area is 118 Å². The number of hydrogen-bond donors (Lipinski definition) is 1. The van der Waals surface area contributed by atoms with Crippen molar-refractivity contribution >= 4 is 11.3 Å². The summed E-state index contributed by atoms with van der Waals surface area (Å²) in [5.41, 5.74) is 2.82. The minimum atomic E-state index is 0.505. The van der Waals surface area contributed by atoms with E-state index < -0.39 is 0 Å². The van der Waals surface area contributed by atoms with Crippen molar-refractivity contribution in [2.75, 3.05) is 6.54 Å². The molecule has 0 fully saturated rings. The highest BCUT2D eigenvalue weighted by Gasteiger charge is 2.24. The number of rotatable bonds is 5. The first-order valence-electron chi connectivity index (χ1n) is 6.89. The SMILES string of the molecule is CCNC1CCc2c(OCc3cccs3)cccc21. The lowest BCUT2D eigenvalue weighted by molar-refractivity contribution is 0.307. The summed E-state index contributed by atoms with van der Waals surface area (Å²) in [4.78, 5) is 1.28. The third-order valence-electron chi connectivity index (χ3n) is 3.63. The van der Waals surface area contributed by atoms with Gasteiger partial charge >= 0.3 is 0 Å². The third-order valence-corrected chi connectivity index (χ3v) is 4.48. The topological polar surface area (TPSA) is 21.3 Å². The smallest absolute Gasteiger partial charge is 0.123 e. The van der Waals surface area contributed by atoms with E-state index in [2.05, 4.69) is 48.0 Å². The minimum absolute atomic E-state index is 0.505. The minimum Gasteiger partial charge on any atom is -0.488 e. The van der Waals surface area contributed by atoms with Crippen LogP contribution in [0.5, 0.6) is 5.75 Å². The van der Waals surface area contributed by atoms with Crippen LogP contribution in [0.25, 0.3) is 0 Å². The summed E-state index contributed by atoms with van der Waals surface area (Å²) in [6, 6.07) is 11.1. The predicted molar refractivity (Wildman–Crippen MR) is 79.8 cm³/mol. The Bertz CT molecular complexity index is 536. The van der Waals surface area contributed by atoms with Crippen LogP contribution in [0.1, 0.15) is 35.4 Å². The fourth-order valence-corrected chi connectivity index (χ4v) is 3.37. The first-order chi connectivity index (χ1) is 9.38. The van der Waals surface area contributed by atoms with Crippen LogP contribution < -0.4 is 10.1 Å². The molecule has 1 aliphatic carbocycles. The summed E-state index contributed by atoms with van der Waals surface area (Å²) >= 11 is 1.75. The zero-order chi connectivity index (χ0) is 13.1. The van der Waals surface area contributed by atoms with Crippen molar-refractivity contribution in [2.24, 2.45) is 0 Å². The molecule has 19 heavy (non-hydrogen) atoms. The van der Waals surface area contributed by atoms with Gasteiger partial charge in [-0.25, -0.2) is 0 Å². The number of hydrogen-bond acceptors (Lipinski definition) is 3. The average Bonchev–Trinajstić information content (AvgIpc) is 3.07. The summed E-state index contributed by atoms with van der Waals surface area (Å²) in [7, 11) is 0. The highest BCUT2D eigenvalue weighted by molar-refractivity contribution is 7.09. The van der Waals surface area contributed by atoms with Gasteiger partial charge in [0.1, 0.15) is 12.4 Å². The number of benzene rings is 1. The van der Waals surface area contributed by atoms with Gasteiger partial charge in [0.2, 0.25) is 0 Å². The first kappa shape index (κ1) is 12.7. The van der Waals surface area contributed by atoms with Crippen molar-refractivity contribution in [3.8, 4) is 5.75 Å². The van der Waals surface area contributed by atoms with Gasteiger partial charge in [0.25, 0.3) is 0 Å². The number of ether oxygens (including phenoxy) is 1. The van der Waals surface area contributed by atoms with Gasteiger partial charge in [-0.3, -0.25) is 0 Å². The molecule has 1 unspecified atom stereocenters. The fraction of sp³-hybridized carbons (Fsp3) is 0.375. The molecule has 100 valence electrons. The monoisotopic (exact) mass is 273 g/mol. The maximum Gasteiger partial charge on any atom is 0.123 e. The molecule has 0 saturated heterocycles. The molecule has 3 heteroatoms. The van der Waals surface area contributed by atoms with Gasteiger partial charge < -0.3 is 10.1 Å². The lowest BCUT2D eigenvalue weighted by Crippen LogP contribution is -2.18. The van der Waals surface area contributed by atoms with Crippen LogP contribution in [0, 0.1) is 0 Å². The molecule has 1 aliphatic rings. The van der Waals surface area contributed by atoms with E-state index in [9.17, 15) is 0 Å². The van der Waals surface area contributed by atoms with Gasteiger partial charge in [0.15, 0.2) is 0 Å². The van der Waals surface area contributed by atoms with E-state index in [1.807, 2.05) is 0 Å². The molecule has 2 nitrogen and oxygen atoms in total. The number of fused-ring (bicyclic) bond motifs is 1. The molecule has 1 atom stereocenters. The summed E-state index contributed by atoms with van der Waals surface area (Å²) < 4.78 is 6.00. The first-order valence-corrected chi connectivity index (χ1v) is 7.77. The van der Waals surface area contributed by atoms with E-state index in [-0.39, 0.29) is 0 Å². The van der Waals surface area contributed by atoms with Crippen molar-refractivity contribution < 1.29 is 4.74 Å². The van der Waals surface area contributed by atoms with Crippen LogP contribution in [0.2, 0.25) is 0 Å². The Morgan fingerprint density at radius 2 is 2.26 bits per heavy atom. The van der Waals surface area contributed by atoms with Crippen LogP contribution in [0.4, 0.5) is 0 Å². The van der Waals surface area contributed by atoms with Crippen molar-refractivity contribution in [1.29, 1.82) is 0 Å². The number of thiophene rings is 1. The maximum atomic E-state index is 6.00. The van der Waals surface area contributed by atoms with Crippen LogP contribution in [0.15, 0.2) is 35.7 Å². The van der Waals surface area contributed by atoms with Crippen molar-refractivity contribution in [3.63, 3.8) is 0 Å². The van der Waals surface area contributed by atoms with Gasteiger partial charge in [-0.1, -0.05) is 25.1 Å². The van der Waals surface area contributed by atoms with Gasteiger partial charge in [-0.2, -0.15) is 0 Å². The molecule has 1 heterocycles. The molecule has 0 aliphatic heterocycles. The quantitative estimate of drug-likeness (QED) is 0.891. The zero-order valence-electron chi connectivity index (χ0n) is 11.2. The second kappa shape index (κ2) is 5.76. The van der Waals surface area contributed by atoms with Crippen molar-refractivity contribution in [2.45, 2.75) is 32.4 Å². The van der Waals surface area contributed by atoms with Gasteiger partial charge in [0, 0.05) is 10.9 Å². The fourth-order valence-electron chi connectivity index (χ4n) is 2.76. The summed E-state index contributed by atoms with van der Waals surface area (Å²) in [6.45, 7) is 3.86. The van der Waals surface area contributed by atoms with Crippen molar-refractivity contribution in [3.05, 3.63) is 51.7 Å². The Balaban J connectivity index is 1.76. The van der Waals surface area contributed by atoms with Gasteiger partial charge in [0.05, 0.1) is 0 Å². The normalized spacial score (nSPS) is 17.4. The Hall–Kier alpha value is -1.32. The Morgan fingerprint density at radius 3 is 3.05 bits per heavy atom. The molecule has 1 aromatic carbocycles. The van der Waals surface area contributed by atoms with E-state index in [4.69, 9.17) is 4.74 Å². The number of nitrogens with one attached hydrogen (secondary N) is 1. The standard InChI is InChI=1S/C16H19NOS/c1-2-17-15-9-8-14-13(15)6-3-7-16(14)18-11-12-5-4-10-19-12/h3-7,10,15,17H,2,8-9,11H2,1H3. The van der Waals surface area contributed by atoms with Crippen LogP contribution in [-0.4, -0.2) is 6.54 Å². The van der Waals surface area contributed by atoms with E-state index >= 15 is 0 Å². The molecule has 1 aromatic heterocycles. The van der Waals surface area contributed by atoms with E-state index in [1.54, 1.807) is 11.3 Å². The molecule has 0 amide bonds. The summed E-state index contributed by atoms with van der Waals surface area (Å²) in [5.74, 6) is 1.06. The molecule has 0 saturated carbocycles. The molecule has 2 aromatic rings. The average molecular weight is 273 g/mol. The van der Waals surface area contributed by atoms with Gasteiger partial charge in [-0.05, 0) is 48.0 Å². The molecule has 0 spiro atoms. The van der Waals surface area contributed by atoms with E-state index in [0.29, 0.717) is 12.6 Å². The zero-order valence-corrected chi connectivity index (χ0v) is 12.0. The summed E-state index contributed by atoms with van der Waals surface area (Å²) in [6.07, 6.45) is 2.30. The molecular weight excluding hydrogens is 254 g/mol. The largest absolute Gasteiger partial charge is 0.488 e. The highest BCUT2D eigenvalue weighted by atomic mass is 32.1. The van der Waals surface area contributed by atoms with Crippen molar-refractivity contribution in [1.82, 2.24) is 5.32 Å². The van der Waals surface area contributed by atoms with Crippen LogP contribution in [0.3, 0.4) is 0 Å². The lowest BCUT2D eigenvalue weighted by atomic mass is 10.1. The Morgan fingerprint density at radius 1 is 1.32 bits per heavy atom. The molecule has 0 radical (unpaired) electrons. The van der Waals surface area contributed by atoms with Gasteiger partial charge in [-0.15, -0.1) is 11.3 Å². The molecule has 0 bridgehead atoms. The lowest BCUT2D eigenvalue weighted by Gasteiger charge is -2.14. The van der Waals surface area contributed by atoms with E-state index in [0.717, 1.165) is 18.7 Å². The molecule has 3 rings (SSSR count). The van der Waals surface area contributed by atoms with E-state index in [1.165, 1.54) is 22.4 Å².